The molecule has 0 aliphatic heterocycles. The van der Waals surface area contributed by atoms with Crippen molar-refractivity contribution in [2.24, 2.45) is 17.6 Å². The highest BCUT2D eigenvalue weighted by Gasteiger charge is 2.27. The Labute approximate surface area is 113 Å². The van der Waals surface area contributed by atoms with Gasteiger partial charge in [0.1, 0.15) is 0 Å². The van der Waals surface area contributed by atoms with Crippen molar-refractivity contribution in [2.75, 3.05) is 6.54 Å². The van der Waals surface area contributed by atoms with Crippen LogP contribution in [0.2, 0.25) is 5.02 Å². The van der Waals surface area contributed by atoms with E-state index in [0.717, 1.165) is 30.5 Å². The van der Waals surface area contributed by atoms with E-state index in [4.69, 9.17) is 17.3 Å². The molecular weight excluding hydrogens is 248 g/mol. The largest absolute Gasteiger partial charge is 0.366 e. The van der Waals surface area contributed by atoms with Crippen LogP contribution in [0.15, 0.2) is 18.2 Å². The van der Waals surface area contributed by atoms with Gasteiger partial charge in [0.25, 0.3) is 0 Å². The summed E-state index contributed by atoms with van der Waals surface area (Å²) in [6.45, 7) is 4.02. The molecule has 98 valence electrons. The number of rotatable bonds is 6. The van der Waals surface area contributed by atoms with Crippen molar-refractivity contribution in [3.63, 3.8) is 0 Å². The van der Waals surface area contributed by atoms with Crippen LogP contribution in [-0.2, 0) is 6.54 Å². The van der Waals surface area contributed by atoms with Crippen molar-refractivity contribution in [2.45, 2.75) is 26.3 Å². The van der Waals surface area contributed by atoms with Crippen LogP contribution in [0.25, 0.3) is 0 Å². The lowest BCUT2D eigenvalue weighted by Crippen LogP contribution is -2.22. The minimum atomic E-state index is -0.446. The number of nitrogens with one attached hydrogen (secondary N) is 1. The maximum Gasteiger partial charge on any atom is 0.248 e. The molecule has 4 heteroatoms. The smallest absolute Gasteiger partial charge is 0.248 e. The molecule has 1 amide bonds. The Hall–Kier alpha value is -1.06. The van der Waals surface area contributed by atoms with Crippen molar-refractivity contribution in [1.29, 1.82) is 0 Å². The molecule has 1 aromatic rings. The molecule has 2 rings (SSSR count). The molecule has 18 heavy (non-hydrogen) atoms. The van der Waals surface area contributed by atoms with Crippen LogP contribution in [0, 0.1) is 11.8 Å². The third-order valence-corrected chi connectivity index (χ3v) is 3.90. The zero-order valence-corrected chi connectivity index (χ0v) is 11.3. The van der Waals surface area contributed by atoms with Gasteiger partial charge in [0.05, 0.1) is 0 Å². The van der Waals surface area contributed by atoms with E-state index in [-0.39, 0.29) is 0 Å². The Morgan fingerprint density at radius 3 is 2.83 bits per heavy atom. The molecular formula is C14H19ClN2O. The first-order valence-corrected chi connectivity index (χ1v) is 6.74. The number of benzene rings is 1. The van der Waals surface area contributed by atoms with Gasteiger partial charge >= 0.3 is 0 Å². The number of halogens is 1. The Morgan fingerprint density at radius 2 is 2.28 bits per heavy atom. The molecule has 1 fully saturated rings. The fourth-order valence-corrected chi connectivity index (χ4v) is 2.36. The lowest BCUT2D eigenvalue weighted by atomic mass is 10.1. The highest BCUT2D eigenvalue weighted by Crippen LogP contribution is 2.36. The quantitative estimate of drug-likeness (QED) is 0.832. The standard InChI is InChI=1S/C14H19ClN2O/c1-9(10-2-3-10)7-17-8-12-5-4-11(14(16)18)6-13(12)15/h4-6,9-10,17H,2-3,7-8H2,1H3,(H2,16,18). The number of hydrogen-bond acceptors (Lipinski definition) is 2. The molecule has 1 aliphatic rings. The third-order valence-electron chi connectivity index (χ3n) is 3.55. The number of nitrogens with two attached hydrogens (primary N) is 1. The van der Waals surface area contributed by atoms with Gasteiger partial charge in [-0.3, -0.25) is 4.79 Å². The normalized spacial score (nSPS) is 16.6. The lowest BCUT2D eigenvalue weighted by molar-refractivity contribution is 0.100. The minimum absolute atomic E-state index is 0.446. The molecule has 3 N–H and O–H groups in total. The Balaban J connectivity index is 1.86. The zero-order chi connectivity index (χ0) is 13.1. The Morgan fingerprint density at radius 1 is 1.56 bits per heavy atom. The van der Waals surface area contributed by atoms with E-state index < -0.39 is 5.91 Å². The van der Waals surface area contributed by atoms with Crippen LogP contribution in [0.1, 0.15) is 35.7 Å². The second-order valence-electron chi connectivity index (χ2n) is 5.12. The van der Waals surface area contributed by atoms with E-state index in [0.29, 0.717) is 10.6 Å². The average Bonchev–Trinajstić information content (AvgIpc) is 3.14. The molecule has 0 aromatic heterocycles. The van der Waals surface area contributed by atoms with Gasteiger partial charge in [-0.1, -0.05) is 24.6 Å². The Kier molecular flexibility index (Phi) is 4.25. The molecule has 1 atom stereocenters. The molecule has 1 saturated carbocycles. The van der Waals surface area contributed by atoms with Crippen LogP contribution in [0.4, 0.5) is 0 Å². The topological polar surface area (TPSA) is 55.1 Å². The molecule has 0 saturated heterocycles. The van der Waals surface area contributed by atoms with Crippen molar-refractivity contribution >= 4 is 17.5 Å². The van der Waals surface area contributed by atoms with Crippen molar-refractivity contribution in [3.8, 4) is 0 Å². The van der Waals surface area contributed by atoms with Gasteiger partial charge in [-0.15, -0.1) is 0 Å². The van der Waals surface area contributed by atoms with Gasteiger partial charge in [0.15, 0.2) is 0 Å². The lowest BCUT2D eigenvalue weighted by Gasteiger charge is -2.12. The maximum atomic E-state index is 11.0. The molecule has 0 heterocycles. The molecule has 0 bridgehead atoms. The van der Waals surface area contributed by atoms with E-state index >= 15 is 0 Å². The minimum Gasteiger partial charge on any atom is -0.366 e. The number of carbonyl (C=O) groups is 1. The molecule has 1 unspecified atom stereocenters. The molecule has 0 spiro atoms. The zero-order valence-electron chi connectivity index (χ0n) is 10.6. The summed E-state index contributed by atoms with van der Waals surface area (Å²) in [4.78, 5) is 11.0. The summed E-state index contributed by atoms with van der Waals surface area (Å²) in [5, 5.41) is 4.01. The first-order chi connectivity index (χ1) is 8.58. The summed E-state index contributed by atoms with van der Waals surface area (Å²) in [6.07, 6.45) is 2.74. The van der Waals surface area contributed by atoms with Gasteiger partial charge in [-0.25, -0.2) is 0 Å². The summed E-state index contributed by atoms with van der Waals surface area (Å²) in [6, 6.07) is 5.21. The van der Waals surface area contributed by atoms with E-state index in [1.807, 2.05) is 6.07 Å². The fourth-order valence-electron chi connectivity index (χ4n) is 2.11. The summed E-state index contributed by atoms with van der Waals surface area (Å²) in [5.41, 5.74) is 6.66. The monoisotopic (exact) mass is 266 g/mol. The second kappa shape index (κ2) is 5.72. The molecule has 1 aliphatic carbocycles. The van der Waals surface area contributed by atoms with Crippen molar-refractivity contribution < 1.29 is 4.79 Å². The third kappa shape index (κ3) is 3.47. The highest BCUT2D eigenvalue weighted by molar-refractivity contribution is 6.31. The number of primary amides is 1. The van der Waals surface area contributed by atoms with E-state index in [2.05, 4.69) is 12.2 Å². The molecule has 0 radical (unpaired) electrons. The van der Waals surface area contributed by atoms with Gasteiger partial charge in [-0.05, 0) is 48.9 Å². The predicted octanol–water partition coefficient (Wildman–Crippen LogP) is 2.57. The second-order valence-corrected chi connectivity index (χ2v) is 5.52. The highest BCUT2D eigenvalue weighted by atomic mass is 35.5. The SMILES string of the molecule is CC(CNCc1ccc(C(N)=O)cc1Cl)C1CC1. The van der Waals surface area contributed by atoms with E-state index in [9.17, 15) is 4.79 Å². The predicted molar refractivity (Wildman–Crippen MR) is 73.6 cm³/mol. The van der Waals surface area contributed by atoms with Crippen molar-refractivity contribution in [1.82, 2.24) is 5.32 Å². The van der Waals surface area contributed by atoms with Crippen LogP contribution in [0.3, 0.4) is 0 Å². The van der Waals surface area contributed by atoms with Gasteiger partial charge in [0.2, 0.25) is 5.91 Å². The molecule has 3 nitrogen and oxygen atoms in total. The maximum absolute atomic E-state index is 11.0. The number of hydrogen-bond donors (Lipinski definition) is 2. The van der Waals surface area contributed by atoms with E-state index in [1.54, 1.807) is 12.1 Å². The average molecular weight is 267 g/mol. The van der Waals surface area contributed by atoms with Gasteiger partial charge in [-0.2, -0.15) is 0 Å². The van der Waals surface area contributed by atoms with Gasteiger partial charge < -0.3 is 11.1 Å². The first kappa shape index (κ1) is 13.4. The van der Waals surface area contributed by atoms with Gasteiger partial charge in [0, 0.05) is 17.1 Å². The van der Waals surface area contributed by atoms with Crippen LogP contribution >= 0.6 is 11.6 Å². The fraction of sp³-hybridized carbons (Fsp3) is 0.500. The van der Waals surface area contributed by atoms with Crippen LogP contribution in [0.5, 0.6) is 0 Å². The van der Waals surface area contributed by atoms with Crippen molar-refractivity contribution in [3.05, 3.63) is 34.3 Å². The number of amides is 1. The summed E-state index contributed by atoms with van der Waals surface area (Å²) in [5.74, 6) is 1.19. The first-order valence-electron chi connectivity index (χ1n) is 6.37. The summed E-state index contributed by atoms with van der Waals surface area (Å²) in [7, 11) is 0. The summed E-state index contributed by atoms with van der Waals surface area (Å²) < 4.78 is 0. The number of carbonyl (C=O) groups excluding carboxylic acids is 1. The van der Waals surface area contributed by atoms with E-state index in [1.165, 1.54) is 12.8 Å². The summed E-state index contributed by atoms with van der Waals surface area (Å²) >= 11 is 6.12. The van der Waals surface area contributed by atoms with Crippen LogP contribution < -0.4 is 11.1 Å². The van der Waals surface area contributed by atoms with Crippen LogP contribution in [-0.4, -0.2) is 12.5 Å². The Bertz CT molecular complexity index is 443. The molecule has 1 aromatic carbocycles.